The molecule has 0 saturated heterocycles. The maximum absolute atomic E-state index is 3.93. The van der Waals surface area contributed by atoms with Crippen molar-refractivity contribution in [3.8, 4) is 47.4 Å². The molecule has 8 rings (SSSR count). The van der Waals surface area contributed by atoms with Crippen LogP contribution in [0, 0.1) is 95.8 Å². The zero-order valence-electron chi connectivity index (χ0n) is 45.4. The SMILES string of the molecule is C=C.CCC(=C\C=C(C)C)/C1=C(C#Cc2ccc(C)cc2)/C(c2ccc(C)cc2)=C(C#Cc2ccc(C)cc2)\C(c2ccc(C)cc2)=C(C#Cc2ccc(C)cc2)/C(c2ccc(C)cc2)=C\1C#Cc1ccc(C)cc1. The fourth-order valence-electron chi connectivity index (χ4n) is 8.58. The summed E-state index contributed by atoms with van der Waals surface area (Å²) in [6.45, 7) is 27.4. The third kappa shape index (κ3) is 13.9. The summed E-state index contributed by atoms with van der Waals surface area (Å²) in [4.78, 5) is 0. The number of benzene rings is 7. The Bertz CT molecular complexity index is 3610. The molecule has 0 nitrogen and oxygen atoms in total. The molecular formula is C75H66. The molecule has 366 valence electrons. The Kier molecular flexibility index (Phi) is 18.3. The standard InChI is InChI=1S/C73H62.C2H4/c1-11-62(39-12-50(2)3)70-66(46-35-58-27-13-51(4)14-28-58)71(63-40-21-55(8)22-41-63)68(48-37-60-31-17-53(6)18-32-60)73(65-44-25-57(10)26-45-65)69(49-38-61-33-19-54(7)20-34-61)72(64-42-23-56(9)24-43-64)67(70)47-36-59-29-15-52(5)16-30-59;1-2/h12-34,39-45H,11H2,1-10H3;1-2H2/b62-39+,70-66-,70-67?,71-66?,71-68-,72-67-,72-69?,73-68?,73-69-;. The van der Waals surface area contributed by atoms with Crippen LogP contribution in [0.2, 0.25) is 0 Å². The Balaban J connectivity index is 0.00000405. The van der Waals surface area contributed by atoms with Crippen LogP contribution < -0.4 is 0 Å². The van der Waals surface area contributed by atoms with Crippen molar-refractivity contribution in [2.45, 2.75) is 75.7 Å². The molecule has 0 N–H and O–H groups in total. The summed E-state index contributed by atoms with van der Waals surface area (Å²) in [5.74, 6) is 30.6. The molecule has 0 heteroatoms. The zero-order chi connectivity index (χ0) is 53.4. The predicted molar refractivity (Wildman–Crippen MR) is 323 cm³/mol. The first kappa shape index (κ1) is 53.8. The minimum absolute atomic E-state index is 0.691. The molecule has 0 radical (unpaired) electrons. The van der Waals surface area contributed by atoms with Crippen molar-refractivity contribution >= 4 is 16.7 Å². The van der Waals surface area contributed by atoms with Gasteiger partial charge in [-0.1, -0.05) is 232 Å². The Morgan fingerprint density at radius 1 is 0.320 bits per heavy atom. The summed E-state index contributed by atoms with van der Waals surface area (Å²) in [7, 11) is 0. The van der Waals surface area contributed by atoms with Crippen molar-refractivity contribution in [2.75, 3.05) is 0 Å². The van der Waals surface area contributed by atoms with E-state index in [0.717, 1.165) is 106 Å². The van der Waals surface area contributed by atoms with Gasteiger partial charge in [0.15, 0.2) is 0 Å². The molecule has 0 aliphatic heterocycles. The molecule has 1 aliphatic carbocycles. The molecule has 0 fully saturated rings. The Hall–Kier alpha value is -9.04. The molecule has 0 saturated carbocycles. The van der Waals surface area contributed by atoms with E-state index in [4.69, 9.17) is 0 Å². The lowest BCUT2D eigenvalue weighted by atomic mass is 9.73. The first-order chi connectivity index (χ1) is 36.3. The lowest BCUT2D eigenvalue weighted by molar-refractivity contribution is 1.11. The van der Waals surface area contributed by atoms with Crippen molar-refractivity contribution in [3.63, 3.8) is 0 Å². The van der Waals surface area contributed by atoms with Gasteiger partial charge in [0, 0.05) is 66.8 Å². The van der Waals surface area contributed by atoms with Crippen molar-refractivity contribution < 1.29 is 0 Å². The van der Waals surface area contributed by atoms with E-state index in [-0.39, 0.29) is 0 Å². The van der Waals surface area contributed by atoms with E-state index in [9.17, 15) is 0 Å². The fourth-order valence-corrected chi connectivity index (χ4v) is 8.58. The molecule has 1 aliphatic rings. The maximum Gasteiger partial charge on any atom is 0.0431 e. The molecule has 0 aromatic heterocycles. The number of hydrogen-bond donors (Lipinski definition) is 0. The average molecular weight is 967 g/mol. The van der Waals surface area contributed by atoms with Crippen LogP contribution in [0.25, 0.3) is 16.7 Å². The Morgan fingerprint density at radius 3 is 0.840 bits per heavy atom. The zero-order valence-corrected chi connectivity index (χ0v) is 45.4. The lowest BCUT2D eigenvalue weighted by Gasteiger charge is -2.27. The fraction of sp³-hybridized carbons (Fsp3) is 0.147. The van der Waals surface area contributed by atoms with Gasteiger partial charge < -0.3 is 0 Å². The summed E-state index contributed by atoms with van der Waals surface area (Å²) in [6, 6.07) is 60.4. The molecule has 0 unspecified atom stereocenters. The van der Waals surface area contributed by atoms with E-state index in [1.165, 1.54) is 27.8 Å². The van der Waals surface area contributed by atoms with Crippen molar-refractivity contribution in [1.29, 1.82) is 0 Å². The molecule has 7 aromatic rings. The summed E-state index contributed by atoms with van der Waals surface area (Å²) < 4.78 is 0. The Morgan fingerprint density at radius 2 is 0.560 bits per heavy atom. The van der Waals surface area contributed by atoms with Gasteiger partial charge in [0.25, 0.3) is 0 Å². The highest BCUT2D eigenvalue weighted by Crippen LogP contribution is 2.48. The van der Waals surface area contributed by atoms with Crippen LogP contribution in [0.4, 0.5) is 0 Å². The van der Waals surface area contributed by atoms with Crippen molar-refractivity contribution in [3.05, 3.63) is 312 Å². The van der Waals surface area contributed by atoms with Crippen LogP contribution in [0.15, 0.2) is 234 Å². The number of rotatable bonds is 6. The highest BCUT2D eigenvalue weighted by Gasteiger charge is 2.31. The summed E-state index contributed by atoms with van der Waals surface area (Å²) in [6.07, 6.45) is 5.17. The molecule has 0 atom stereocenters. The Labute approximate surface area is 449 Å². The average Bonchev–Trinajstić information content (AvgIpc) is 3.41. The second kappa shape index (κ2) is 25.6. The first-order valence-corrected chi connectivity index (χ1v) is 25.7. The molecule has 75 heavy (non-hydrogen) atoms. The third-order valence-electron chi connectivity index (χ3n) is 12.9. The lowest BCUT2D eigenvalue weighted by Crippen LogP contribution is -2.11. The predicted octanol–water partition coefficient (Wildman–Crippen LogP) is 18.1. The molecule has 0 amide bonds. The van der Waals surface area contributed by atoms with Gasteiger partial charge >= 0.3 is 0 Å². The van der Waals surface area contributed by atoms with Gasteiger partial charge in [-0.25, -0.2) is 0 Å². The van der Waals surface area contributed by atoms with Crippen LogP contribution in [-0.4, -0.2) is 0 Å². The minimum atomic E-state index is 0.691. The second-order valence-corrected chi connectivity index (χ2v) is 19.4. The largest absolute Gasteiger partial charge is 0.106 e. The molecular weight excluding hydrogens is 901 g/mol. The summed E-state index contributed by atoms with van der Waals surface area (Å²) in [5, 5.41) is 0. The smallest absolute Gasteiger partial charge is 0.0431 e. The van der Waals surface area contributed by atoms with Gasteiger partial charge in [0.05, 0.1) is 0 Å². The van der Waals surface area contributed by atoms with Crippen LogP contribution in [-0.2, 0) is 0 Å². The van der Waals surface area contributed by atoms with E-state index in [0.29, 0.717) is 6.42 Å². The van der Waals surface area contributed by atoms with Crippen LogP contribution in [0.3, 0.4) is 0 Å². The van der Waals surface area contributed by atoms with Crippen molar-refractivity contribution in [1.82, 2.24) is 0 Å². The quantitative estimate of drug-likeness (QED) is 0.0885. The monoisotopic (exact) mass is 967 g/mol. The maximum atomic E-state index is 3.93. The molecule has 0 bridgehead atoms. The number of hydrogen-bond acceptors (Lipinski definition) is 0. The highest BCUT2D eigenvalue weighted by atomic mass is 14.3. The van der Waals surface area contributed by atoms with Gasteiger partial charge in [-0.05, 0) is 140 Å². The number of allylic oxidation sites excluding steroid dienone is 12. The van der Waals surface area contributed by atoms with E-state index in [1.807, 2.05) is 0 Å². The van der Waals surface area contributed by atoms with Gasteiger partial charge in [-0.15, -0.1) is 13.2 Å². The highest BCUT2D eigenvalue weighted by molar-refractivity contribution is 6.11. The van der Waals surface area contributed by atoms with Crippen LogP contribution in [0.1, 0.15) is 105 Å². The summed E-state index contributed by atoms with van der Waals surface area (Å²) >= 11 is 0. The minimum Gasteiger partial charge on any atom is -0.106 e. The van der Waals surface area contributed by atoms with E-state index >= 15 is 0 Å². The topological polar surface area (TPSA) is 0 Å². The summed E-state index contributed by atoms with van der Waals surface area (Å²) in [5.41, 5.74) is 24.0. The van der Waals surface area contributed by atoms with Gasteiger partial charge in [0.1, 0.15) is 0 Å². The van der Waals surface area contributed by atoms with E-state index in [1.54, 1.807) is 0 Å². The second-order valence-electron chi connectivity index (χ2n) is 19.4. The van der Waals surface area contributed by atoms with E-state index in [2.05, 4.69) is 312 Å². The van der Waals surface area contributed by atoms with E-state index < -0.39 is 0 Å². The number of aryl methyl sites for hydroxylation is 7. The van der Waals surface area contributed by atoms with Gasteiger partial charge in [-0.2, -0.15) is 0 Å². The molecule has 0 spiro atoms. The van der Waals surface area contributed by atoms with Crippen molar-refractivity contribution in [2.24, 2.45) is 0 Å². The van der Waals surface area contributed by atoms with Gasteiger partial charge in [-0.3, -0.25) is 0 Å². The molecule has 0 heterocycles. The van der Waals surface area contributed by atoms with Crippen LogP contribution in [0.5, 0.6) is 0 Å². The molecule has 7 aromatic carbocycles. The normalized spacial score (nSPS) is 16.1. The van der Waals surface area contributed by atoms with Gasteiger partial charge in [0.2, 0.25) is 0 Å². The third-order valence-corrected chi connectivity index (χ3v) is 12.9. The van der Waals surface area contributed by atoms with Crippen LogP contribution >= 0.6 is 0 Å². The first-order valence-electron chi connectivity index (χ1n) is 25.7.